The van der Waals surface area contributed by atoms with Gasteiger partial charge in [-0.2, -0.15) is 0 Å². The maximum absolute atomic E-state index is 12.0. The second-order valence-electron chi connectivity index (χ2n) is 4.26. The van der Waals surface area contributed by atoms with Crippen LogP contribution in [-0.4, -0.2) is 26.9 Å². The quantitative estimate of drug-likeness (QED) is 0.820. The van der Waals surface area contributed by atoms with Crippen LogP contribution in [0.4, 0.5) is 0 Å². The molecule has 0 spiro atoms. The van der Waals surface area contributed by atoms with Crippen LogP contribution in [0.2, 0.25) is 0 Å². The molecular weight excluding hydrogens is 250 g/mol. The van der Waals surface area contributed by atoms with Crippen LogP contribution in [0.25, 0.3) is 0 Å². The lowest BCUT2D eigenvalue weighted by molar-refractivity contribution is 0.0752. The van der Waals surface area contributed by atoms with Crippen molar-refractivity contribution in [2.24, 2.45) is 5.73 Å². The lowest BCUT2D eigenvalue weighted by Gasteiger charge is -2.11. The topological polar surface area (TPSA) is 69.4 Å². The van der Waals surface area contributed by atoms with Gasteiger partial charge in [0.1, 0.15) is 0 Å². The van der Waals surface area contributed by atoms with Gasteiger partial charge in [0.15, 0.2) is 9.84 Å². The zero-order valence-electron chi connectivity index (χ0n) is 10.9. The third-order valence-corrected chi connectivity index (χ3v) is 4.50. The Morgan fingerprint density at radius 2 is 2.11 bits per heavy atom. The van der Waals surface area contributed by atoms with Gasteiger partial charge in [-0.25, -0.2) is 8.42 Å². The average molecular weight is 271 g/mol. The fourth-order valence-corrected chi connectivity index (χ4v) is 2.63. The number of rotatable bonds is 7. The minimum atomic E-state index is -3.28. The van der Waals surface area contributed by atoms with Crippen molar-refractivity contribution in [3.8, 4) is 0 Å². The summed E-state index contributed by atoms with van der Waals surface area (Å²) in [5, 5.41) is 0. The van der Waals surface area contributed by atoms with Crippen molar-refractivity contribution in [1.29, 1.82) is 0 Å². The van der Waals surface area contributed by atoms with Gasteiger partial charge in [-0.05, 0) is 31.0 Å². The van der Waals surface area contributed by atoms with Crippen LogP contribution in [-0.2, 0) is 21.1 Å². The maximum atomic E-state index is 12.0. The molecule has 0 saturated carbocycles. The molecule has 1 aromatic rings. The van der Waals surface area contributed by atoms with Crippen LogP contribution in [0.3, 0.4) is 0 Å². The van der Waals surface area contributed by atoms with Gasteiger partial charge in [0, 0.05) is 6.54 Å². The molecule has 0 radical (unpaired) electrons. The fraction of sp³-hybridized carbons (Fsp3) is 0.538. The van der Waals surface area contributed by atoms with E-state index in [1.807, 2.05) is 19.9 Å². The largest absolute Gasteiger partial charge is 0.377 e. The molecule has 18 heavy (non-hydrogen) atoms. The highest BCUT2D eigenvalue weighted by Gasteiger charge is 2.15. The third-order valence-electron chi connectivity index (χ3n) is 2.82. The molecule has 1 aromatic carbocycles. The first-order valence-electron chi connectivity index (χ1n) is 6.13. The molecule has 2 N–H and O–H groups in total. The molecule has 102 valence electrons. The zero-order valence-corrected chi connectivity index (χ0v) is 11.7. The summed E-state index contributed by atoms with van der Waals surface area (Å²) in [4.78, 5) is 0.318. The van der Waals surface area contributed by atoms with Crippen molar-refractivity contribution in [3.05, 3.63) is 29.8 Å². The molecule has 1 atom stereocenters. The lowest BCUT2D eigenvalue weighted by Crippen LogP contribution is -2.16. The molecule has 5 heteroatoms. The molecule has 1 unspecified atom stereocenters. The summed E-state index contributed by atoms with van der Waals surface area (Å²) in [6.45, 7) is 4.50. The summed E-state index contributed by atoms with van der Waals surface area (Å²) < 4.78 is 29.5. The molecular formula is C13H21NO3S. The summed E-state index contributed by atoms with van der Waals surface area (Å²) >= 11 is 0. The number of ether oxygens (including phenoxy) is 1. The first-order chi connectivity index (χ1) is 8.49. The maximum Gasteiger partial charge on any atom is 0.180 e. The zero-order chi connectivity index (χ0) is 13.6. The van der Waals surface area contributed by atoms with Crippen molar-refractivity contribution < 1.29 is 13.2 Å². The van der Waals surface area contributed by atoms with Crippen molar-refractivity contribution in [1.82, 2.24) is 0 Å². The number of hydrogen-bond acceptors (Lipinski definition) is 4. The van der Waals surface area contributed by atoms with E-state index in [0.717, 1.165) is 12.0 Å². The van der Waals surface area contributed by atoms with Crippen LogP contribution >= 0.6 is 0 Å². The summed E-state index contributed by atoms with van der Waals surface area (Å²) in [6, 6.07) is 6.75. The Balaban J connectivity index is 2.68. The molecule has 4 nitrogen and oxygen atoms in total. The van der Waals surface area contributed by atoms with Crippen LogP contribution in [0.5, 0.6) is 0 Å². The van der Waals surface area contributed by atoms with E-state index in [-0.39, 0.29) is 18.5 Å². The van der Waals surface area contributed by atoms with Gasteiger partial charge in [0.05, 0.1) is 23.4 Å². The van der Waals surface area contributed by atoms with E-state index >= 15 is 0 Å². The minimum Gasteiger partial charge on any atom is -0.377 e. The highest BCUT2D eigenvalue weighted by molar-refractivity contribution is 7.91. The Kier molecular flexibility index (Phi) is 5.78. The van der Waals surface area contributed by atoms with Gasteiger partial charge in [0.25, 0.3) is 0 Å². The number of sulfone groups is 1. The summed E-state index contributed by atoms with van der Waals surface area (Å²) in [5.41, 5.74) is 6.32. The van der Waals surface area contributed by atoms with Crippen LogP contribution in [0, 0.1) is 0 Å². The van der Waals surface area contributed by atoms with E-state index in [0.29, 0.717) is 11.4 Å². The molecule has 0 amide bonds. The molecule has 0 fully saturated rings. The van der Waals surface area contributed by atoms with Crippen LogP contribution < -0.4 is 5.73 Å². The van der Waals surface area contributed by atoms with Gasteiger partial charge in [0.2, 0.25) is 0 Å². The van der Waals surface area contributed by atoms with Crippen molar-refractivity contribution in [2.45, 2.75) is 37.8 Å². The summed E-state index contributed by atoms with van der Waals surface area (Å²) in [5.74, 6) is 0.00532. The Labute approximate surface area is 109 Å². The monoisotopic (exact) mass is 271 g/mol. The standard InChI is InChI=1S/C13H21NO3S/c1-3-11(2)17-7-8-18(15,16)13-6-4-5-12(9-13)10-14/h4-6,9,11H,3,7-8,10,14H2,1-2H3. The van der Waals surface area contributed by atoms with Crippen LogP contribution in [0.15, 0.2) is 29.2 Å². The normalized spacial score (nSPS) is 13.5. The van der Waals surface area contributed by atoms with E-state index < -0.39 is 9.84 Å². The highest BCUT2D eigenvalue weighted by Crippen LogP contribution is 2.13. The molecule has 0 aliphatic carbocycles. The number of hydrogen-bond donors (Lipinski definition) is 1. The minimum absolute atomic E-state index is 0.00532. The Morgan fingerprint density at radius 3 is 2.72 bits per heavy atom. The van der Waals surface area contributed by atoms with E-state index in [1.165, 1.54) is 0 Å². The van der Waals surface area contributed by atoms with Gasteiger partial charge in [-0.1, -0.05) is 19.1 Å². The molecule has 0 saturated heterocycles. The van der Waals surface area contributed by atoms with Crippen molar-refractivity contribution in [3.63, 3.8) is 0 Å². The average Bonchev–Trinajstić information content (AvgIpc) is 2.38. The van der Waals surface area contributed by atoms with Gasteiger partial charge in [-0.3, -0.25) is 0 Å². The molecule has 0 bridgehead atoms. The van der Waals surface area contributed by atoms with Gasteiger partial charge in [-0.15, -0.1) is 0 Å². The molecule has 0 heterocycles. The molecule has 0 aliphatic heterocycles. The third kappa shape index (κ3) is 4.40. The predicted molar refractivity (Wildman–Crippen MR) is 72.1 cm³/mol. The van der Waals surface area contributed by atoms with Crippen molar-refractivity contribution in [2.75, 3.05) is 12.4 Å². The SMILES string of the molecule is CCC(C)OCCS(=O)(=O)c1cccc(CN)c1. The summed E-state index contributed by atoms with van der Waals surface area (Å²) in [6.07, 6.45) is 0.971. The number of nitrogens with two attached hydrogens (primary N) is 1. The second kappa shape index (κ2) is 6.87. The predicted octanol–water partition coefficient (Wildman–Crippen LogP) is 1.73. The first kappa shape index (κ1) is 15.1. The smallest absolute Gasteiger partial charge is 0.180 e. The Bertz CT molecular complexity index is 471. The van der Waals surface area contributed by atoms with Crippen LogP contribution in [0.1, 0.15) is 25.8 Å². The van der Waals surface area contributed by atoms with Gasteiger partial charge >= 0.3 is 0 Å². The molecule has 1 rings (SSSR count). The Morgan fingerprint density at radius 1 is 1.39 bits per heavy atom. The Hall–Kier alpha value is -0.910. The van der Waals surface area contributed by atoms with Gasteiger partial charge < -0.3 is 10.5 Å². The molecule has 0 aromatic heterocycles. The molecule has 0 aliphatic rings. The fourth-order valence-electron chi connectivity index (χ4n) is 1.46. The second-order valence-corrected chi connectivity index (χ2v) is 6.37. The van der Waals surface area contributed by atoms with E-state index in [1.54, 1.807) is 18.2 Å². The van der Waals surface area contributed by atoms with E-state index in [2.05, 4.69) is 0 Å². The lowest BCUT2D eigenvalue weighted by atomic mass is 10.2. The van der Waals surface area contributed by atoms with Crippen molar-refractivity contribution >= 4 is 9.84 Å². The summed E-state index contributed by atoms with van der Waals surface area (Å²) in [7, 11) is -3.28. The van der Waals surface area contributed by atoms with E-state index in [9.17, 15) is 8.42 Å². The highest BCUT2D eigenvalue weighted by atomic mass is 32.2. The number of benzene rings is 1. The van der Waals surface area contributed by atoms with E-state index in [4.69, 9.17) is 10.5 Å². The first-order valence-corrected chi connectivity index (χ1v) is 7.78.